The monoisotopic (exact) mass is 244 g/mol. The van der Waals surface area contributed by atoms with Crippen molar-refractivity contribution in [1.29, 1.82) is 0 Å². The molecular weight excluding hydrogens is 232 g/mol. The van der Waals surface area contributed by atoms with Gasteiger partial charge >= 0.3 is 5.97 Å². The van der Waals surface area contributed by atoms with Crippen LogP contribution in [0, 0.1) is 0 Å². The molecule has 0 aliphatic rings. The maximum Gasteiger partial charge on any atom is 0.303 e. The number of carbonyl (C=O) groups is 1. The second-order valence-corrected chi connectivity index (χ2v) is 4.56. The minimum Gasteiger partial charge on any atom is -0.481 e. The summed E-state index contributed by atoms with van der Waals surface area (Å²) in [5.74, 6) is -0.748. The van der Waals surface area contributed by atoms with Gasteiger partial charge < -0.3 is 5.11 Å². The Morgan fingerprint density at radius 1 is 1.47 bits per heavy atom. The fraction of sp³-hybridized carbons (Fsp3) is 0.364. The van der Waals surface area contributed by atoms with Crippen LogP contribution in [0.15, 0.2) is 23.1 Å². The zero-order valence-electron chi connectivity index (χ0n) is 8.50. The van der Waals surface area contributed by atoms with Gasteiger partial charge in [0.2, 0.25) is 0 Å². The Morgan fingerprint density at radius 3 is 2.80 bits per heavy atom. The van der Waals surface area contributed by atoms with Gasteiger partial charge in [0.25, 0.3) is 0 Å². The molecule has 0 spiro atoms. The SMILES string of the molecule is CSc1cc(Cl)cc(CCCC(=O)O)c1. The van der Waals surface area contributed by atoms with Crippen LogP contribution < -0.4 is 0 Å². The number of thioether (sulfide) groups is 1. The van der Waals surface area contributed by atoms with Crippen molar-refractivity contribution in [3.05, 3.63) is 28.8 Å². The summed E-state index contributed by atoms with van der Waals surface area (Å²) in [6.45, 7) is 0. The van der Waals surface area contributed by atoms with E-state index in [1.54, 1.807) is 11.8 Å². The summed E-state index contributed by atoms with van der Waals surface area (Å²) in [5, 5.41) is 9.23. The largest absolute Gasteiger partial charge is 0.481 e. The van der Waals surface area contributed by atoms with Gasteiger partial charge in [-0.05, 0) is 42.9 Å². The second-order valence-electron chi connectivity index (χ2n) is 3.25. The third kappa shape index (κ3) is 4.58. The topological polar surface area (TPSA) is 37.3 Å². The van der Waals surface area contributed by atoms with Gasteiger partial charge in [0, 0.05) is 16.3 Å². The molecule has 1 rings (SSSR count). The van der Waals surface area contributed by atoms with Crippen LogP contribution in [-0.4, -0.2) is 17.3 Å². The first-order valence-electron chi connectivity index (χ1n) is 4.67. The van der Waals surface area contributed by atoms with Crippen molar-refractivity contribution in [3.63, 3.8) is 0 Å². The third-order valence-electron chi connectivity index (χ3n) is 2.02. The van der Waals surface area contributed by atoms with Gasteiger partial charge in [0.1, 0.15) is 0 Å². The number of benzene rings is 1. The molecule has 4 heteroatoms. The summed E-state index contributed by atoms with van der Waals surface area (Å²) >= 11 is 7.58. The van der Waals surface area contributed by atoms with Crippen molar-refractivity contribution in [2.24, 2.45) is 0 Å². The van der Waals surface area contributed by atoms with Crippen molar-refractivity contribution in [1.82, 2.24) is 0 Å². The molecule has 0 amide bonds. The zero-order valence-corrected chi connectivity index (χ0v) is 10.1. The molecule has 15 heavy (non-hydrogen) atoms. The minimum atomic E-state index is -0.748. The lowest BCUT2D eigenvalue weighted by atomic mass is 10.1. The first-order valence-corrected chi connectivity index (χ1v) is 6.27. The summed E-state index contributed by atoms with van der Waals surface area (Å²) in [7, 11) is 0. The molecule has 0 unspecified atom stereocenters. The average Bonchev–Trinajstić information content (AvgIpc) is 2.16. The number of carboxylic acids is 1. The predicted molar refractivity (Wildman–Crippen MR) is 63.8 cm³/mol. The van der Waals surface area contributed by atoms with Crippen molar-refractivity contribution in [2.75, 3.05) is 6.26 Å². The lowest BCUT2D eigenvalue weighted by molar-refractivity contribution is -0.137. The van der Waals surface area contributed by atoms with E-state index in [9.17, 15) is 4.79 Å². The molecule has 0 aromatic heterocycles. The van der Waals surface area contributed by atoms with Gasteiger partial charge in [-0.25, -0.2) is 0 Å². The molecule has 0 aliphatic heterocycles. The van der Waals surface area contributed by atoms with Gasteiger partial charge in [-0.15, -0.1) is 11.8 Å². The highest BCUT2D eigenvalue weighted by atomic mass is 35.5. The van der Waals surface area contributed by atoms with Gasteiger partial charge in [0.15, 0.2) is 0 Å². The number of aliphatic carboxylic acids is 1. The van der Waals surface area contributed by atoms with E-state index in [4.69, 9.17) is 16.7 Å². The Kier molecular flexibility index (Phi) is 4.99. The van der Waals surface area contributed by atoms with E-state index in [0.717, 1.165) is 16.9 Å². The van der Waals surface area contributed by atoms with Crippen LogP contribution >= 0.6 is 23.4 Å². The Labute approximate surface area is 98.6 Å². The van der Waals surface area contributed by atoms with E-state index in [-0.39, 0.29) is 6.42 Å². The summed E-state index contributed by atoms with van der Waals surface area (Å²) in [4.78, 5) is 11.5. The Morgan fingerprint density at radius 2 is 2.20 bits per heavy atom. The molecule has 0 atom stereocenters. The first-order chi connectivity index (χ1) is 7.11. The van der Waals surface area contributed by atoms with Crippen LogP contribution in [0.4, 0.5) is 0 Å². The van der Waals surface area contributed by atoms with E-state index in [0.29, 0.717) is 11.4 Å². The fourth-order valence-corrected chi connectivity index (χ4v) is 2.16. The first kappa shape index (κ1) is 12.4. The van der Waals surface area contributed by atoms with Crippen LogP contribution in [-0.2, 0) is 11.2 Å². The normalized spacial score (nSPS) is 10.3. The maximum atomic E-state index is 10.3. The highest BCUT2D eigenvalue weighted by Crippen LogP contribution is 2.23. The summed E-state index contributed by atoms with van der Waals surface area (Å²) in [5.41, 5.74) is 1.10. The van der Waals surface area contributed by atoms with Gasteiger partial charge in [-0.1, -0.05) is 11.6 Å². The molecule has 1 N–H and O–H groups in total. The van der Waals surface area contributed by atoms with Crippen molar-refractivity contribution in [3.8, 4) is 0 Å². The molecule has 0 bridgehead atoms. The molecule has 0 heterocycles. The highest BCUT2D eigenvalue weighted by Gasteiger charge is 2.01. The molecule has 1 aromatic carbocycles. The van der Waals surface area contributed by atoms with E-state index >= 15 is 0 Å². The lowest BCUT2D eigenvalue weighted by Crippen LogP contribution is -1.96. The number of rotatable bonds is 5. The average molecular weight is 245 g/mol. The predicted octanol–water partition coefficient (Wildman–Crippen LogP) is 3.47. The third-order valence-corrected chi connectivity index (χ3v) is 2.95. The summed E-state index contributed by atoms with van der Waals surface area (Å²) in [6, 6.07) is 5.86. The fourth-order valence-electron chi connectivity index (χ4n) is 1.33. The molecule has 0 aliphatic carbocycles. The Bertz CT molecular complexity index is 352. The minimum absolute atomic E-state index is 0.209. The molecule has 1 aromatic rings. The molecular formula is C11H13ClO2S. The van der Waals surface area contributed by atoms with E-state index in [1.807, 2.05) is 18.4 Å². The molecule has 2 nitrogen and oxygen atoms in total. The number of halogens is 1. The van der Waals surface area contributed by atoms with E-state index in [2.05, 4.69) is 6.07 Å². The second kappa shape index (κ2) is 6.03. The highest BCUT2D eigenvalue weighted by molar-refractivity contribution is 7.98. The van der Waals surface area contributed by atoms with Crippen LogP contribution in [0.25, 0.3) is 0 Å². The smallest absolute Gasteiger partial charge is 0.303 e. The molecule has 82 valence electrons. The Balaban J connectivity index is 2.60. The summed E-state index contributed by atoms with van der Waals surface area (Å²) in [6.07, 6.45) is 3.62. The van der Waals surface area contributed by atoms with Crippen LogP contribution in [0.2, 0.25) is 5.02 Å². The van der Waals surface area contributed by atoms with Crippen molar-refractivity contribution < 1.29 is 9.90 Å². The zero-order chi connectivity index (χ0) is 11.3. The molecule has 0 radical (unpaired) electrons. The van der Waals surface area contributed by atoms with Gasteiger partial charge in [-0.3, -0.25) is 4.79 Å². The van der Waals surface area contributed by atoms with Crippen molar-refractivity contribution in [2.45, 2.75) is 24.2 Å². The van der Waals surface area contributed by atoms with Gasteiger partial charge in [-0.2, -0.15) is 0 Å². The number of aryl methyl sites for hydroxylation is 1. The number of carboxylic acid groups (broad SMARTS) is 1. The van der Waals surface area contributed by atoms with Crippen LogP contribution in [0.5, 0.6) is 0 Å². The number of hydrogen-bond donors (Lipinski definition) is 1. The molecule has 0 saturated carbocycles. The maximum absolute atomic E-state index is 10.3. The molecule has 0 fully saturated rings. The molecule has 0 saturated heterocycles. The van der Waals surface area contributed by atoms with Crippen LogP contribution in [0.1, 0.15) is 18.4 Å². The van der Waals surface area contributed by atoms with E-state index < -0.39 is 5.97 Å². The number of hydrogen-bond acceptors (Lipinski definition) is 2. The standard InChI is InChI=1S/C11H13ClO2S/c1-15-10-6-8(5-9(12)7-10)3-2-4-11(13)14/h5-7H,2-4H2,1H3,(H,13,14). The summed E-state index contributed by atoms with van der Waals surface area (Å²) < 4.78 is 0. The quantitative estimate of drug-likeness (QED) is 0.806. The Hall–Kier alpha value is -0.670. The van der Waals surface area contributed by atoms with Gasteiger partial charge in [0.05, 0.1) is 0 Å². The van der Waals surface area contributed by atoms with E-state index in [1.165, 1.54) is 0 Å². The van der Waals surface area contributed by atoms with Crippen molar-refractivity contribution >= 4 is 29.3 Å². The lowest BCUT2D eigenvalue weighted by Gasteiger charge is -2.04. The van der Waals surface area contributed by atoms with Crippen LogP contribution in [0.3, 0.4) is 0 Å².